The average molecular weight is 433 g/mol. The number of carbonyl (C=O) groups is 2. The Morgan fingerprint density at radius 2 is 1.39 bits per heavy atom. The zero-order valence-electron chi connectivity index (χ0n) is 14.4. The molecule has 150 valence electrons. The Bertz CT molecular complexity index is 933. The van der Waals surface area contributed by atoms with Gasteiger partial charge in [-0.1, -0.05) is 23.2 Å². The average Bonchev–Trinajstić information content (AvgIpc) is 2.65. The Morgan fingerprint density at radius 1 is 0.964 bits per heavy atom. The van der Waals surface area contributed by atoms with E-state index in [1.807, 2.05) is 0 Å². The van der Waals surface area contributed by atoms with Crippen molar-refractivity contribution < 1.29 is 34.2 Å². The van der Waals surface area contributed by atoms with Crippen LogP contribution in [-0.2, 0) is 9.47 Å². The van der Waals surface area contributed by atoms with Gasteiger partial charge in [0, 0.05) is 16.1 Å². The fraction of sp³-hybridized carbons (Fsp3) is 0.125. The van der Waals surface area contributed by atoms with E-state index < -0.39 is 28.3 Å². The molecule has 0 aliphatic heterocycles. The second kappa shape index (κ2) is 9.62. The molecule has 0 fully saturated rings. The van der Waals surface area contributed by atoms with E-state index >= 15 is 0 Å². The van der Waals surface area contributed by atoms with Crippen LogP contribution in [-0.4, -0.2) is 41.3 Å². The number of nitro groups is 1. The van der Waals surface area contributed by atoms with E-state index in [4.69, 9.17) is 28.9 Å². The lowest BCUT2D eigenvalue weighted by Crippen LogP contribution is -2.03. The van der Waals surface area contributed by atoms with Crippen LogP contribution in [0, 0.1) is 10.1 Å². The van der Waals surface area contributed by atoms with Gasteiger partial charge in [0.2, 0.25) is 5.75 Å². The monoisotopic (exact) mass is 432 g/mol. The Hall–Kier alpha value is -3.24. The summed E-state index contributed by atoms with van der Waals surface area (Å²) < 4.78 is 8.74. The number of rotatable bonds is 3. The zero-order valence-corrected chi connectivity index (χ0v) is 15.9. The number of halogens is 2. The Labute approximate surface area is 168 Å². The van der Waals surface area contributed by atoms with Gasteiger partial charge >= 0.3 is 17.6 Å². The number of benzene rings is 2. The summed E-state index contributed by atoms with van der Waals surface area (Å²) in [5, 5.41) is 29.4. The molecule has 0 spiro atoms. The highest BCUT2D eigenvalue weighted by Gasteiger charge is 2.23. The second-order valence-electron chi connectivity index (χ2n) is 4.95. The van der Waals surface area contributed by atoms with Crippen molar-refractivity contribution in [2.24, 2.45) is 0 Å². The molecule has 2 aromatic carbocycles. The SMILES string of the molecule is COC(=O)c1cc(Cl)cc(N)c1O.COC(=O)c1cc(Cl)cc([N+](=O)[O-])c1O. The van der Waals surface area contributed by atoms with Crippen molar-refractivity contribution in [3.63, 3.8) is 0 Å². The van der Waals surface area contributed by atoms with Crippen molar-refractivity contribution in [3.8, 4) is 11.5 Å². The molecule has 4 N–H and O–H groups in total. The summed E-state index contributed by atoms with van der Waals surface area (Å²) in [6, 6.07) is 4.68. The lowest BCUT2D eigenvalue weighted by atomic mass is 10.2. The van der Waals surface area contributed by atoms with E-state index in [9.17, 15) is 29.9 Å². The summed E-state index contributed by atoms with van der Waals surface area (Å²) in [4.78, 5) is 31.8. The molecule has 28 heavy (non-hydrogen) atoms. The lowest BCUT2D eigenvalue weighted by Gasteiger charge is -2.05. The topological polar surface area (TPSA) is 162 Å². The number of hydrogen-bond acceptors (Lipinski definition) is 9. The number of phenols is 2. The van der Waals surface area contributed by atoms with E-state index in [0.717, 1.165) is 19.2 Å². The van der Waals surface area contributed by atoms with Crippen LogP contribution >= 0.6 is 23.2 Å². The van der Waals surface area contributed by atoms with Crippen LogP contribution in [0.25, 0.3) is 0 Å². The molecule has 0 aliphatic carbocycles. The molecule has 2 aromatic rings. The van der Waals surface area contributed by atoms with Gasteiger partial charge in [0.15, 0.2) is 5.75 Å². The Balaban J connectivity index is 0.000000283. The van der Waals surface area contributed by atoms with Gasteiger partial charge in [0.05, 0.1) is 24.8 Å². The summed E-state index contributed by atoms with van der Waals surface area (Å²) in [7, 11) is 2.30. The minimum Gasteiger partial charge on any atom is -0.505 e. The standard InChI is InChI=1S/C8H6ClNO5.C8H8ClNO3/c1-15-8(12)5-2-4(9)3-6(7(5)11)10(13)14;1-13-8(12)5-2-4(9)3-6(10)7(5)11/h2-3,11H,1H3;2-3,11H,10H2,1H3. The summed E-state index contributed by atoms with van der Waals surface area (Å²) in [5.74, 6) is -2.63. The molecule has 0 aliphatic rings. The number of carbonyl (C=O) groups excluding carboxylic acids is 2. The van der Waals surface area contributed by atoms with Crippen LogP contribution < -0.4 is 5.73 Å². The number of nitrogen functional groups attached to an aromatic ring is 1. The molecular weight excluding hydrogens is 419 g/mol. The fourth-order valence-electron chi connectivity index (χ4n) is 1.88. The predicted octanol–water partition coefficient (Wildman–Crippen LogP) is 3.15. The van der Waals surface area contributed by atoms with Gasteiger partial charge in [-0.05, 0) is 18.2 Å². The highest BCUT2D eigenvalue weighted by atomic mass is 35.5. The first-order chi connectivity index (χ1) is 13.0. The lowest BCUT2D eigenvalue weighted by molar-refractivity contribution is -0.385. The Morgan fingerprint density at radius 3 is 1.82 bits per heavy atom. The van der Waals surface area contributed by atoms with E-state index in [0.29, 0.717) is 0 Å². The third kappa shape index (κ3) is 5.38. The minimum atomic E-state index is -0.891. The maximum absolute atomic E-state index is 11.1. The van der Waals surface area contributed by atoms with Gasteiger partial charge in [-0.3, -0.25) is 10.1 Å². The largest absolute Gasteiger partial charge is 0.505 e. The van der Waals surface area contributed by atoms with Crippen molar-refractivity contribution in [2.75, 3.05) is 20.0 Å². The molecule has 0 heterocycles. The molecule has 0 radical (unpaired) electrons. The zero-order chi connectivity index (χ0) is 21.6. The van der Waals surface area contributed by atoms with Crippen molar-refractivity contribution in [3.05, 3.63) is 55.6 Å². The number of nitro benzene ring substituents is 1. The van der Waals surface area contributed by atoms with Gasteiger partial charge in [0.1, 0.15) is 11.1 Å². The number of phenolic OH excluding ortho intramolecular Hbond substituents is 2. The van der Waals surface area contributed by atoms with Crippen LogP contribution in [0.5, 0.6) is 11.5 Å². The molecule has 0 aromatic heterocycles. The van der Waals surface area contributed by atoms with Crippen LogP contribution in [0.2, 0.25) is 10.0 Å². The number of hydrogen-bond donors (Lipinski definition) is 3. The van der Waals surface area contributed by atoms with Crippen LogP contribution in [0.4, 0.5) is 11.4 Å². The van der Waals surface area contributed by atoms with Crippen LogP contribution in [0.1, 0.15) is 20.7 Å². The quantitative estimate of drug-likeness (QED) is 0.217. The molecule has 0 bridgehead atoms. The fourth-order valence-corrected chi connectivity index (χ4v) is 2.31. The maximum Gasteiger partial charge on any atom is 0.341 e. The number of anilines is 1. The second-order valence-corrected chi connectivity index (χ2v) is 5.83. The first-order valence-electron chi connectivity index (χ1n) is 7.15. The van der Waals surface area contributed by atoms with Crippen LogP contribution in [0.3, 0.4) is 0 Å². The third-order valence-corrected chi connectivity index (χ3v) is 3.60. The van der Waals surface area contributed by atoms with E-state index in [-0.39, 0.29) is 32.6 Å². The number of nitrogens with two attached hydrogens (primary N) is 1. The molecule has 0 saturated heterocycles. The minimum absolute atomic E-state index is 0.0279. The number of ether oxygens (including phenoxy) is 2. The first kappa shape index (κ1) is 22.8. The van der Waals surface area contributed by atoms with Crippen LogP contribution in [0.15, 0.2) is 24.3 Å². The number of methoxy groups -OCH3 is 2. The first-order valence-corrected chi connectivity index (χ1v) is 7.90. The summed E-state index contributed by atoms with van der Waals surface area (Å²) in [6.07, 6.45) is 0. The number of aromatic hydroxyl groups is 2. The molecule has 0 saturated carbocycles. The highest BCUT2D eigenvalue weighted by Crippen LogP contribution is 2.33. The molecule has 12 heteroatoms. The van der Waals surface area contributed by atoms with Gasteiger partial charge in [0.25, 0.3) is 0 Å². The van der Waals surface area contributed by atoms with Gasteiger partial charge in [-0.15, -0.1) is 0 Å². The van der Waals surface area contributed by atoms with E-state index in [1.165, 1.54) is 19.2 Å². The van der Waals surface area contributed by atoms with Crippen molar-refractivity contribution in [1.29, 1.82) is 0 Å². The maximum atomic E-state index is 11.1. The molecule has 10 nitrogen and oxygen atoms in total. The molecule has 0 amide bonds. The summed E-state index contributed by atoms with van der Waals surface area (Å²) in [5.41, 5.74) is 4.41. The Kier molecular flexibility index (Phi) is 7.84. The molecule has 2 rings (SSSR count). The van der Waals surface area contributed by atoms with Gasteiger partial charge < -0.3 is 25.4 Å². The van der Waals surface area contributed by atoms with Crippen molar-refractivity contribution in [2.45, 2.75) is 0 Å². The normalized spacial score (nSPS) is 9.71. The van der Waals surface area contributed by atoms with E-state index in [2.05, 4.69) is 9.47 Å². The number of esters is 2. The number of nitrogens with zero attached hydrogens (tertiary/aromatic N) is 1. The smallest absolute Gasteiger partial charge is 0.341 e. The van der Waals surface area contributed by atoms with E-state index in [1.54, 1.807) is 0 Å². The molecule has 0 unspecified atom stereocenters. The highest BCUT2D eigenvalue weighted by molar-refractivity contribution is 6.31. The van der Waals surface area contributed by atoms with Crippen molar-refractivity contribution >= 4 is 46.5 Å². The summed E-state index contributed by atoms with van der Waals surface area (Å²) in [6.45, 7) is 0. The molecule has 0 atom stereocenters. The third-order valence-electron chi connectivity index (χ3n) is 3.17. The van der Waals surface area contributed by atoms with Gasteiger partial charge in [-0.2, -0.15) is 0 Å². The summed E-state index contributed by atoms with van der Waals surface area (Å²) >= 11 is 11.2. The van der Waals surface area contributed by atoms with Gasteiger partial charge in [-0.25, -0.2) is 9.59 Å². The molecular formula is C16H14Cl2N2O8. The predicted molar refractivity (Wildman–Crippen MR) is 100.0 cm³/mol. The van der Waals surface area contributed by atoms with Crippen molar-refractivity contribution in [1.82, 2.24) is 0 Å².